The zero-order chi connectivity index (χ0) is 4.28. The molecule has 0 aromatic carbocycles. The zero-order valence-electron chi connectivity index (χ0n) is 2.86. The van der Waals surface area contributed by atoms with Crippen LogP contribution >= 0.6 is 0 Å². The maximum absolute atomic E-state index is 9.35. The molecule has 0 aliphatic rings. The Morgan fingerprint density at radius 2 is 1.83 bits per heavy atom. The van der Waals surface area contributed by atoms with E-state index in [9.17, 15) is 4.79 Å². The van der Waals surface area contributed by atoms with Crippen molar-refractivity contribution in [2.45, 2.75) is 0 Å². The summed E-state index contributed by atoms with van der Waals surface area (Å²) in [6.07, 6.45) is 0. The fourth-order valence-corrected chi connectivity index (χ4v) is 0. The van der Waals surface area contributed by atoms with Crippen LogP contribution in [0.15, 0.2) is 0 Å². The number of carbonyl (C=O) groups is 1. The number of nitrogens with two attached hydrogens (primary N) is 2. The number of urea groups is 1. The maximum atomic E-state index is 9.35. The van der Waals surface area contributed by atoms with E-state index in [4.69, 9.17) is 0 Å². The van der Waals surface area contributed by atoms with Gasteiger partial charge in [-0.2, -0.15) is 0 Å². The van der Waals surface area contributed by atoms with Gasteiger partial charge in [-0.3, -0.25) is 5.43 Å². The topological polar surface area (TPSA) is 81.1 Å². The maximum Gasteiger partial charge on any atom is 0.326 e. The van der Waals surface area contributed by atoms with Gasteiger partial charge >= 0.3 is 6.03 Å². The summed E-state index contributed by atoms with van der Waals surface area (Å²) in [4.78, 5) is 9.35. The van der Waals surface area contributed by atoms with Gasteiger partial charge in [0.1, 0.15) is 0 Å². The molecule has 0 unspecified atom stereocenters. The van der Waals surface area contributed by atoms with E-state index < -0.39 is 6.03 Å². The van der Waals surface area contributed by atoms with Gasteiger partial charge in [0.25, 0.3) is 0 Å². The van der Waals surface area contributed by atoms with E-state index in [2.05, 4.69) is 11.6 Å². The van der Waals surface area contributed by atoms with Crippen molar-refractivity contribution in [3.8, 4) is 0 Å². The molecule has 0 spiro atoms. The first kappa shape index (κ1) is 9.23. The van der Waals surface area contributed by atoms with Gasteiger partial charge in [0.05, 0.1) is 0 Å². The van der Waals surface area contributed by atoms with Gasteiger partial charge in [-0.15, -0.1) is 0 Å². The largest absolute Gasteiger partial charge is 0.351 e. The summed E-state index contributed by atoms with van der Waals surface area (Å²) >= 11 is 0. The van der Waals surface area contributed by atoms with E-state index >= 15 is 0 Å². The Hall–Kier alpha value is -0.251. The van der Waals surface area contributed by atoms with Gasteiger partial charge in [0.15, 0.2) is 0 Å². The van der Waals surface area contributed by atoms with Crippen LogP contribution in [-0.4, -0.2) is 6.03 Å². The predicted octanol–water partition coefficient (Wildman–Crippen LogP) is -1.47. The fraction of sp³-hybridized carbons (Fsp3) is 0. The van der Waals surface area contributed by atoms with Gasteiger partial charge in [-0.1, -0.05) is 0 Å². The Morgan fingerprint density at radius 3 is 1.83 bits per heavy atom. The third-order valence-electron chi connectivity index (χ3n) is 0.142. The van der Waals surface area contributed by atoms with Crippen molar-refractivity contribution >= 4 is 6.03 Å². The molecular weight excluding hydrogens is 134 g/mol. The fourth-order valence-electron chi connectivity index (χ4n) is 0. The van der Waals surface area contributed by atoms with E-state index in [1.165, 1.54) is 0 Å². The SMILES string of the molecule is NNC(N)=O.[Cu]. The van der Waals surface area contributed by atoms with Gasteiger partial charge < -0.3 is 5.73 Å². The van der Waals surface area contributed by atoms with Crippen molar-refractivity contribution in [1.82, 2.24) is 5.43 Å². The molecule has 1 radical (unpaired) electrons. The smallest absolute Gasteiger partial charge is 0.326 e. The van der Waals surface area contributed by atoms with E-state index in [0.717, 1.165) is 0 Å². The third-order valence-corrected chi connectivity index (χ3v) is 0.142. The van der Waals surface area contributed by atoms with Crippen LogP contribution < -0.4 is 17.0 Å². The van der Waals surface area contributed by atoms with Crippen molar-refractivity contribution in [3.63, 3.8) is 0 Å². The predicted molar refractivity (Wildman–Crippen MR) is 16.9 cm³/mol. The first-order valence-corrected chi connectivity index (χ1v) is 1.03. The van der Waals surface area contributed by atoms with Crippen LogP contribution in [0.25, 0.3) is 0 Å². The minimum absolute atomic E-state index is 0. The van der Waals surface area contributed by atoms with Crippen molar-refractivity contribution in [2.75, 3.05) is 0 Å². The molecule has 0 saturated carbocycles. The number of nitrogens with one attached hydrogen (secondary N) is 1. The van der Waals surface area contributed by atoms with Crippen LogP contribution in [0, 0.1) is 0 Å². The Kier molecular flexibility index (Phi) is 7.30. The number of primary amides is 1. The second-order valence-corrected chi connectivity index (χ2v) is 0.509. The second-order valence-electron chi connectivity index (χ2n) is 0.509. The summed E-state index contributed by atoms with van der Waals surface area (Å²) < 4.78 is 0. The van der Waals surface area contributed by atoms with Crippen molar-refractivity contribution in [1.29, 1.82) is 0 Å². The molecule has 0 aromatic rings. The summed E-state index contributed by atoms with van der Waals surface area (Å²) in [7, 11) is 0. The van der Waals surface area contributed by atoms with Gasteiger partial charge in [0, 0.05) is 17.1 Å². The molecular formula is CH5CuN3O. The molecule has 0 saturated heterocycles. The summed E-state index contributed by atoms with van der Waals surface area (Å²) in [6, 6.07) is -0.718. The monoisotopic (exact) mass is 138 g/mol. The quantitative estimate of drug-likeness (QED) is 0.165. The molecule has 0 rings (SSSR count). The standard InChI is InChI=1S/CH5N3O.Cu/c2-1(5)4-3;/h3H2,(H3,2,4,5);. The summed E-state index contributed by atoms with van der Waals surface area (Å²) in [6.45, 7) is 0. The molecule has 2 amide bonds. The molecule has 4 nitrogen and oxygen atoms in total. The number of hydrazine groups is 1. The van der Waals surface area contributed by atoms with Gasteiger partial charge in [-0.25, -0.2) is 10.6 Å². The summed E-state index contributed by atoms with van der Waals surface area (Å²) in [5.74, 6) is 4.45. The molecule has 6 heavy (non-hydrogen) atoms. The summed E-state index contributed by atoms with van der Waals surface area (Å²) in [5.41, 5.74) is 6.08. The van der Waals surface area contributed by atoms with Crippen LogP contribution in [0.4, 0.5) is 4.79 Å². The first-order chi connectivity index (χ1) is 2.27. The number of carbonyl (C=O) groups excluding carboxylic acids is 1. The number of hydrogen-bond acceptors (Lipinski definition) is 2. The molecule has 0 atom stereocenters. The molecule has 0 heterocycles. The van der Waals surface area contributed by atoms with Crippen LogP contribution in [0.3, 0.4) is 0 Å². The average Bonchev–Trinajstić information content (AvgIpc) is 1.38. The number of amides is 2. The van der Waals surface area contributed by atoms with Crippen LogP contribution in [0.2, 0.25) is 0 Å². The minimum Gasteiger partial charge on any atom is -0.351 e. The average molecular weight is 139 g/mol. The van der Waals surface area contributed by atoms with E-state index in [1.54, 1.807) is 5.43 Å². The third kappa shape index (κ3) is 9.26. The second kappa shape index (κ2) is 4.75. The minimum atomic E-state index is -0.718. The van der Waals surface area contributed by atoms with Crippen molar-refractivity contribution in [2.24, 2.45) is 11.6 Å². The van der Waals surface area contributed by atoms with Gasteiger partial charge in [0.2, 0.25) is 0 Å². The zero-order valence-corrected chi connectivity index (χ0v) is 3.81. The molecule has 0 aliphatic heterocycles. The van der Waals surface area contributed by atoms with Crippen LogP contribution in [-0.2, 0) is 17.1 Å². The van der Waals surface area contributed by atoms with E-state index in [1.807, 2.05) is 0 Å². The number of hydrogen-bond donors (Lipinski definition) is 3. The normalized spacial score (nSPS) is 5.50. The van der Waals surface area contributed by atoms with Crippen molar-refractivity contribution < 1.29 is 21.9 Å². The molecule has 0 aromatic heterocycles. The Morgan fingerprint density at radius 1 is 1.67 bits per heavy atom. The Balaban J connectivity index is 0. The van der Waals surface area contributed by atoms with E-state index in [-0.39, 0.29) is 17.1 Å². The van der Waals surface area contributed by atoms with Crippen LogP contribution in [0.1, 0.15) is 0 Å². The number of rotatable bonds is 0. The molecule has 0 aliphatic carbocycles. The molecule has 0 fully saturated rings. The van der Waals surface area contributed by atoms with Crippen molar-refractivity contribution in [3.05, 3.63) is 0 Å². The first-order valence-electron chi connectivity index (χ1n) is 1.03. The molecule has 5 N–H and O–H groups in total. The summed E-state index contributed by atoms with van der Waals surface area (Å²) in [5, 5.41) is 0. The van der Waals surface area contributed by atoms with Gasteiger partial charge in [-0.05, 0) is 0 Å². The Labute approximate surface area is 45.7 Å². The Bertz CT molecular complexity index is 46.1. The molecule has 5 heteroatoms. The molecule has 0 bridgehead atoms. The molecule has 41 valence electrons. The van der Waals surface area contributed by atoms with Crippen LogP contribution in [0.5, 0.6) is 0 Å². The van der Waals surface area contributed by atoms with E-state index in [0.29, 0.717) is 0 Å².